The van der Waals surface area contributed by atoms with Gasteiger partial charge in [-0.05, 0) is 68.7 Å². The quantitative estimate of drug-likeness (QED) is 0.0911. The van der Waals surface area contributed by atoms with Gasteiger partial charge in [0.1, 0.15) is 6.10 Å². The Morgan fingerprint density at radius 1 is 1.03 bits per heavy atom. The molecule has 0 saturated heterocycles. The topological polar surface area (TPSA) is 61.8 Å². The van der Waals surface area contributed by atoms with Crippen LogP contribution in [-0.4, -0.2) is 39.6 Å². The molecule has 1 saturated carbocycles. The van der Waals surface area contributed by atoms with Crippen molar-refractivity contribution in [1.82, 2.24) is 0 Å². The number of allylic oxidation sites excluding steroid dienone is 1. The summed E-state index contributed by atoms with van der Waals surface area (Å²) >= 11 is 0. The van der Waals surface area contributed by atoms with Crippen LogP contribution in [0.15, 0.2) is 12.2 Å². The van der Waals surface area contributed by atoms with Gasteiger partial charge in [0.25, 0.3) is 0 Å². The summed E-state index contributed by atoms with van der Waals surface area (Å²) in [5, 5.41) is 0.165. The molecule has 5 nitrogen and oxygen atoms in total. The van der Waals surface area contributed by atoms with Crippen LogP contribution in [0.1, 0.15) is 112 Å². The van der Waals surface area contributed by atoms with Crippen molar-refractivity contribution in [3.05, 3.63) is 12.2 Å². The van der Waals surface area contributed by atoms with E-state index in [1.165, 1.54) is 33.3 Å². The maximum absolute atomic E-state index is 12.0. The zero-order valence-electron chi connectivity index (χ0n) is 24.0. The van der Waals surface area contributed by atoms with Gasteiger partial charge >= 0.3 is 11.9 Å². The third-order valence-corrected chi connectivity index (χ3v) is 12.5. The van der Waals surface area contributed by atoms with Crippen LogP contribution in [-0.2, 0) is 23.5 Å². The fraction of sp³-hybridized carbons (Fsp3) is 0.862. The molecule has 6 heteroatoms. The SMILES string of the molecule is CCCCC/C=C/C(OC(C)=O)[C@H]1CC[C@H](O[Si](C)(C)C(C)(C)C)[C@@H]1CCCCCCC(=O)OC. The van der Waals surface area contributed by atoms with Gasteiger partial charge in [-0.25, -0.2) is 0 Å². The average Bonchev–Trinajstić information content (AvgIpc) is 3.15. The Labute approximate surface area is 216 Å². The minimum absolute atomic E-state index is 0.126. The lowest BCUT2D eigenvalue weighted by Gasteiger charge is -2.40. The van der Waals surface area contributed by atoms with Gasteiger partial charge in [0, 0.05) is 25.4 Å². The van der Waals surface area contributed by atoms with Crippen LogP contribution in [0, 0.1) is 11.8 Å². The van der Waals surface area contributed by atoms with Crippen LogP contribution in [0.25, 0.3) is 0 Å². The maximum atomic E-state index is 12.0. The molecule has 0 aromatic heterocycles. The van der Waals surface area contributed by atoms with E-state index in [9.17, 15) is 9.59 Å². The van der Waals surface area contributed by atoms with Gasteiger partial charge in [-0.1, -0.05) is 65.9 Å². The summed E-state index contributed by atoms with van der Waals surface area (Å²) in [6, 6.07) is 0. The lowest BCUT2D eigenvalue weighted by Crippen LogP contribution is -2.45. The molecule has 4 atom stereocenters. The van der Waals surface area contributed by atoms with Gasteiger partial charge < -0.3 is 13.9 Å². The van der Waals surface area contributed by atoms with E-state index in [1.807, 2.05) is 0 Å². The molecule has 0 aliphatic heterocycles. The number of carbonyl (C=O) groups is 2. The van der Waals surface area contributed by atoms with Crippen LogP contribution < -0.4 is 0 Å². The molecule has 0 aromatic carbocycles. The average molecular weight is 511 g/mol. The second kappa shape index (κ2) is 15.9. The number of ether oxygens (including phenoxy) is 2. The monoisotopic (exact) mass is 510 g/mol. The molecule has 0 bridgehead atoms. The van der Waals surface area contributed by atoms with Crippen molar-refractivity contribution < 1.29 is 23.5 Å². The van der Waals surface area contributed by atoms with Crippen molar-refractivity contribution >= 4 is 20.3 Å². The van der Waals surface area contributed by atoms with E-state index in [1.54, 1.807) is 0 Å². The van der Waals surface area contributed by atoms with Crippen molar-refractivity contribution in [3.8, 4) is 0 Å². The van der Waals surface area contributed by atoms with Crippen LogP contribution >= 0.6 is 0 Å². The van der Waals surface area contributed by atoms with E-state index in [4.69, 9.17) is 13.9 Å². The molecule has 1 aliphatic rings. The van der Waals surface area contributed by atoms with Crippen LogP contribution in [0.4, 0.5) is 0 Å². The van der Waals surface area contributed by atoms with Gasteiger partial charge in [0.15, 0.2) is 8.32 Å². The predicted octanol–water partition coefficient (Wildman–Crippen LogP) is 7.98. The number of unbranched alkanes of at least 4 members (excludes halogenated alkanes) is 6. The van der Waals surface area contributed by atoms with Crippen molar-refractivity contribution in [2.24, 2.45) is 11.8 Å². The highest BCUT2D eigenvalue weighted by atomic mass is 28.4. The second-order valence-electron chi connectivity index (χ2n) is 11.8. The van der Waals surface area contributed by atoms with Gasteiger partial charge in [-0.2, -0.15) is 0 Å². The van der Waals surface area contributed by atoms with Crippen LogP contribution in [0.2, 0.25) is 18.1 Å². The van der Waals surface area contributed by atoms with Gasteiger partial charge in [0.05, 0.1) is 7.11 Å². The standard InChI is InChI=1S/C29H54O5Si/c1-9-10-11-12-16-19-26(33-23(2)30)25-21-22-27(34-35(7,8)29(3,4)5)24(25)18-15-13-14-17-20-28(31)32-6/h16,19,24-27H,9-15,17-18,20-22H2,1-8H3/b19-16+/t24-,25+,26?,27+/m1/s1. The number of esters is 2. The molecule has 1 aliphatic carbocycles. The summed E-state index contributed by atoms with van der Waals surface area (Å²) < 4.78 is 17.6. The van der Waals surface area contributed by atoms with E-state index in [2.05, 4.69) is 52.9 Å². The smallest absolute Gasteiger partial charge is 0.305 e. The van der Waals surface area contributed by atoms with Crippen LogP contribution in [0.3, 0.4) is 0 Å². The number of rotatable bonds is 16. The molecule has 0 spiro atoms. The number of hydrogen-bond acceptors (Lipinski definition) is 5. The minimum atomic E-state index is -1.90. The molecule has 0 aromatic rings. The lowest BCUT2D eigenvalue weighted by molar-refractivity contribution is -0.147. The first-order valence-electron chi connectivity index (χ1n) is 14.0. The van der Waals surface area contributed by atoms with Crippen molar-refractivity contribution in [1.29, 1.82) is 0 Å². The first-order valence-corrected chi connectivity index (χ1v) is 16.9. The highest BCUT2D eigenvalue weighted by Gasteiger charge is 2.46. The predicted molar refractivity (Wildman–Crippen MR) is 147 cm³/mol. The Bertz CT molecular complexity index is 652. The van der Waals surface area contributed by atoms with Crippen molar-refractivity contribution in [3.63, 3.8) is 0 Å². The summed E-state index contributed by atoms with van der Waals surface area (Å²) in [6.07, 6.45) is 16.8. The zero-order valence-corrected chi connectivity index (χ0v) is 25.0. The van der Waals surface area contributed by atoms with Gasteiger partial charge in [0.2, 0.25) is 0 Å². The molecule has 0 heterocycles. The van der Waals surface area contributed by atoms with Gasteiger partial charge in [-0.15, -0.1) is 0 Å². The Morgan fingerprint density at radius 3 is 2.31 bits per heavy atom. The number of carbonyl (C=O) groups excluding carboxylic acids is 2. The van der Waals surface area contributed by atoms with E-state index < -0.39 is 8.32 Å². The highest BCUT2D eigenvalue weighted by molar-refractivity contribution is 6.74. The summed E-state index contributed by atoms with van der Waals surface area (Å²) in [7, 11) is -0.455. The fourth-order valence-electron chi connectivity index (χ4n) is 4.88. The Hall–Kier alpha value is -1.14. The highest BCUT2D eigenvalue weighted by Crippen LogP contribution is 2.45. The lowest BCUT2D eigenvalue weighted by atomic mass is 9.85. The summed E-state index contributed by atoms with van der Waals surface area (Å²) in [4.78, 5) is 23.4. The number of hydrogen-bond donors (Lipinski definition) is 0. The first kappa shape index (κ1) is 31.9. The maximum Gasteiger partial charge on any atom is 0.305 e. The van der Waals surface area contributed by atoms with E-state index in [-0.39, 0.29) is 29.2 Å². The van der Waals surface area contributed by atoms with Gasteiger partial charge in [-0.3, -0.25) is 9.59 Å². The fourth-order valence-corrected chi connectivity index (χ4v) is 6.28. The Balaban J connectivity index is 2.92. The molecule has 1 unspecified atom stereocenters. The Kier molecular flexibility index (Phi) is 14.4. The molecule has 204 valence electrons. The summed E-state index contributed by atoms with van der Waals surface area (Å²) in [6.45, 7) is 15.3. The first-order chi connectivity index (χ1) is 16.4. The van der Waals surface area contributed by atoms with E-state index >= 15 is 0 Å². The minimum Gasteiger partial charge on any atom is -0.469 e. The molecular formula is C29H54O5Si. The molecular weight excluding hydrogens is 456 g/mol. The molecule has 0 N–H and O–H groups in total. The second-order valence-corrected chi connectivity index (χ2v) is 16.6. The van der Waals surface area contributed by atoms with Crippen molar-refractivity contribution in [2.75, 3.05) is 7.11 Å². The van der Waals surface area contributed by atoms with E-state index in [0.717, 1.165) is 51.4 Å². The summed E-state index contributed by atoms with van der Waals surface area (Å²) in [5.74, 6) is 0.350. The normalized spacial score (nSPS) is 21.9. The van der Waals surface area contributed by atoms with Crippen molar-refractivity contribution in [2.45, 2.75) is 142 Å². The Morgan fingerprint density at radius 2 is 1.71 bits per heavy atom. The molecule has 35 heavy (non-hydrogen) atoms. The zero-order chi connectivity index (χ0) is 26.5. The molecule has 0 radical (unpaired) electrons. The van der Waals surface area contributed by atoms with Crippen LogP contribution in [0.5, 0.6) is 0 Å². The molecule has 0 amide bonds. The third-order valence-electron chi connectivity index (χ3n) is 7.98. The molecule has 1 rings (SSSR count). The van der Waals surface area contributed by atoms with E-state index in [0.29, 0.717) is 18.3 Å². The summed E-state index contributed by atoms with van der Waals surface area (Å²) in [5.41, 5.74) is 0. The third kappa shape index (κ3) is 11.6. The largest absolute Gasteiger partial charge is 0.469 e. The molecule has 1 fully saturated rings. The number of methoxy groups -OCH3 is 1.